The van der Waals surface area contributed by atoms with E-state index in [1.54, 1.807) is 6.08 Å². The Labute approximate surface area is 161 Å². The Bertz CT molecular complexity index is 300. The van der Waals surface area contributed by atoms with Gasteiger partial charge in [0.2, 0.25) is 0 Å². The fourth-order valence-electron chi connectivity index (χ4n) is 1.53. The van der Waals surface area contributed by atoms with Gasteiger partial charge in [0.05, 0.1) is 78.8 Å². The summed E-state index contributed by atoms with van der Waals surface area (Å²) in [4.78, 5) is 9.31. The highest BCUT2D eigenvalue weighted by Crippen LogP contribution is 2.00. The molecule has 0 heterocycles. The molecule has 8 nitrogen and oxygen atoms in total. The number of hydrogen-bond acceptors (Lipinski definition) is 8. The maximum Gasteiger partial charge on any atom is 0.182 e. The molecular weight excluding hydrogens is 364 g/mol. The van der Waals surface area contributed by atoms with Gasteiger partial charge >= 0.3 is 0 Å². The molecule has 26 heavy (non-hydrogen) atoms. The second-order valence-electron chi connectivity index (χ2n) is 4.90. The molecule has 0 aliphatic rings. The lowest BCUT2D eigenvalue weighted by Gasteiger charge is -2.16. The molecule has 0 aliphatic carbocycles. The van der Waals surface area contributed by atoms with Crippen LogP contribution in [0.25, 0.3) is 0 Å². The molecule has 0 amide bonds. The number of carbonyl (C=O) groups excluding carboxylic acids is 1. The van der Waals surface area contributed by atoms with Gasteiger partial charge in [0.1, 0.15) is 0 Å². The summed E-state index contributed by atoms with van der Waals surface area (Å²) in [5, 5.41) is 17.0. The van der Waals surface area contributed by atoms with Crippen molar-refractivity contribution in [2.24, 2.45) is 0 Å². The van der Waals surface area contributed by atoms with Crippen molar-refractivity contribution in [3.63, 3.8) is 0 Å². The fraction of sp³-hybridized carbons (Fsp3) is 0.824. The summed E-state index contributed by atoms with van der Waals surface area (Å²) < 4.78 is 26.6. The zero-order valence-corrected chi connectivity index (χ0v) is 16.5. The predicted molar refractivity (Wildman–Crippen MR) is 102 cm³/mol. The molecule has 0 aromatic heterocycles. The van der Waals surface area contributed by atoms with Gasteiger partial charge < -0.3 is 33.9 Å². The van der Waals surface area contributed by atoms with Crippen LogP contribution in [0.3, 0.4) is 0 Å². The Morgan fingerprint density at radius 2 is 1.35 bits per heavy atom. The van der Waals surface area contributed by atoms with Crippen LogP contribution in [0.5, 0.6) is 0 Å². The smallest absolute Gasteiger partial charge is 0.182 e. The lowest BCUT2D eigenvalue weighted by molar-refractivity contribution is -0.108. The first-order valence-corrected chi connectivity index (χ1v) is 8.97. The number of aliphatic hydroxyl groups is 2. The van der Waals surface area contributed by atoms with E-state index in [2.05, 4.69) is 19.2 Å². The first-order valence-electron chi connectivity index (χ1n) is 8.53. The van der Waals surface area contributed by atoms with Gasteiger partial charge in [-0.15, -0.1) is 19.2 Å². The first-order chi connectivity index (χ1) is 12.6. The third kappa shape index (κ3) is 28.3. The van der Waals surface area contributed by atoms with Gasteiger partial charge in [-0.25, -0.2) is 0 Å². The quantitative estimate of drug-likeness (QED) is 0.174. The second-order valence-corrected chi connectivity index (χ2v) is 5.53. The Morgan fingerprint density at radius 3 is 1.81 bits per heavy atom. The van der Waals surface area contributed by atoms with Crippen molar-refractivity contribution in [2.75, 3.05) is 72.7 Å². The van der Waals surface area contributed by atoms with Gasteiger partial charge in [-0.3, -0.25) is 4.79 Å². The van der Waals surface area contributed by atoms with Crippen LogP contribution in [-0.4, -0.2) is 94.1 Å². The van der Waals surface area contributed by atoms with E-state index in [0.717, 1.165) is 0 Å². The number of aliphatic hydroxyl groups excluding tert-OH is 2. The van der Waals surface area contributed by atoms with E-state index < -0.39 is 0 Å². The van der Waals surface area contributed by atoms with Crippen molar-refractivity contribution in [3.05, 3.63) is 12.7 Å². The number of ether oxygens (including phenoxy) is 5. The molecule has 2 N–H and O–H groups in total. The highest BCUT2D eigenvalue weighted by atomic mass is 32.1. The average molecular weight is 399 g/mol. The van der Waals surface area contributed by atoms with Gasteiger partial charge in [-0.2, -0.15) is 0 Å². The molecule has 0 saturated carbocycles. The Hall–Kier alpha value is -0.520. The molecule has 0 spiro atoms. The van der Waals surface area contributed by atoms with Gasteiger partial charge in [0.15, 0.2) is 5.12 Å². The van der Waals surface area contributed by atoms with E-state index in [1.807, 2.05) is 0 Å². The lowest BCUT2D eigenvalue weighted by Crippen LogP contribution is -2.23. The molecule has 0 bridgehead atoms. The minimum atomic E-state index is -0.139. The first kappa shape index (κ1) is 27.7. The molecule has 0 radical (unpaired) electrons. The summed E-state index contributed by atoms with van der Waals surface area (Å²) in [6.07, 6.45) is 2.44. The number of rotatable bonds is 18. The molecule has 0 saturated heterocycles. The minimum absolute atomic E-state index is 0.0181. The molecule has 0 aromatic carbocycles. The van der Waals surface area contributed by atoms with E-state index in [-0.39, 0.29) is 24.4 Å². The van der Waals surface area contributed by atoms with Gasteiger partial charge in [0.25, 0.3) is 0 Å². The van der Waals surface area contributed by atoms with Crippen molar-refractivity contribution in [3.8, 4) is 0 Å². The van der Waals surface area contributed by atoms with Crippen molar-refractivity contribution >= 4 is 17.7 Å². The molecule has 0 rings (SSSR count). The van der Waals surface area contributed by atoms with E-state index in [1.165, 1.54) is 6.92 Å². The predicted octanol–water partition coefficient (Wildman–Crippen LogP) is 0.461. The van der Waals surface area contributed by atoms with Crippen LogP contribution >= 0.6 is 12.6 Å². The van der Waals surface area contributed by atoms with Gasteiger partial charge in [0, 0.05) is 6.92 Å². The molecule has 0 aromatic rings. The Balaban J connectivity index is 0. The van der Waals surface area contributed by atoms with Crippen LogP contribution < -0.4 is 0 Å². The Morgan fingerprint density at radius 1 is 0.923 bits per heavy atom. The Kier molecular flexibility index (Phi) is 26.1. The van der Waals surface area contributed by atoms with Crippen LogP contribution in [-0.2, 0) is 28.5 Å². The van der Waals surface area contributed by atoms with Gasteiger partial charge in [-0.1, -0.05) is 6.08 Å². The van der Waals surface area contributed by atoms with Crippen LogP contribution in [0.4, 0.5) is 0 Å². The standard InChI is InChI=1S/C15H30O7.C2H4OS/c1-2-3-15(22-13-12-19-7-5-17)14-21-11-10-20-9-8-18-6-4-16;1-2(3)4/h2,15-17H,1,3-14H2;1H3,(H,3,4). The van der Waals surface area contributed by atoms with Crippen molar-refractivity contribution < 1.29 is 38.7 Å². The number of hydrogen-bond donors (Lipinski definition) is 3. The van der Waals surface area contributed by atoms with E-state index in [9.17, 15) is 4.79 Å². The van der Waals surface area contributed by atoms with Crippen molar-refractivity contribution in [2.45, 2.75) is 19.4 Å². The SMILES string of the molecule is C=CCC(COCCOCCOCCO)OCCOCCO.CC(=O)S. The van der Waals surface area contributed by atoms with Crippen molar-refractivity contribution in [1.82, 2.24) is 0 Å². The third-order valence-corrected chi connectivity index (χ3v) is 2.53. The number of thiol groups is 1. The zero-order chi connectivity index (χ0) is 19.9. The second kappa shape index (κ2) is 24.5. The van der Waals surface area contributed by atoms with Crippen molar-refractivity contribution in [1.29, 1.82) is 0 Å². The largest absolute Gasteiger partial charge is 0.394 e. The van der Waals surface area contributed by atoms with Crippen LogP contribution in [0.2, 0.25) is 0 Å². The molecule has 0 aliphatic heterocycles. The van der Waals surface area contributed by atoms with Crippen LogP contribution in [0.1, 0.15) is 13.3 Å². The average Bonchev–Trinajstić information content (AvgIpc) is 2.59. The van der Waals surface area contributed by atoms with E-state index in [4.69, 9.17) is 33.9 Å². The van der Waals surface area contributed by atoms with Crippen LogP contribution in [0, 0.1) is 0 Å². The molecule has 9 heteroatoms. The summed E-state index contributed by atoms with van der Waals surface area (Å²) >= 11 is 3.33. The fourth-order valence-corrected chi connectivity index (χ4v) is 1.53. The minimum Gasteiger partial charge on any atom is -0.394 e. The molecule has 1 unspecified atom stereocenters. The van der Waals surface area contributed by atoms with E-state index >= 15 is 0 Å². The summed E-state index contributed by atoms with van der Waals surface area (Å²) in [6.45, 7) is 9.10. The topological polar surface area (TPSA) is 104 Å². The zero-order valence-electron chi connectivity index (χ0n) is 15.6. The maximum absolute atomic E-state index is 9.31. The molecular formula is C17H34O8S. The summed E-state index contributed by atoms with van der Waals surface area (Å²) in [5.74, 6) is 0. The highest BCUT2D eigenvalue weighted by molar-refractivity contribution is 7.96. The monoisotopic (exact) mass is 398 g/mol. The van der Waals surface area contributed by atoms with E-state index in [0.29, 0.717) is 65.9 Å². The number of carbonyl (C=O) groups is 1. The molecule has 156 valence electrons. The summed E-state index contributed by atoms with van der Waals surface area (Å²) in [6, 6.07) is 0. The highest BCUT2D eigenvalue weighted by Gasteiger charge is 2.07. The molecule has 0 fully saturated rings. The normalized spacial score (nSPS) is 11.5. The van der Waals surface area contributed by atoms with Crippen LogP contribution in [0.15, 0.2) is 12.7 Å². The lowest BCUT2D eigenvalue weighted by atomic mass is 10.2. The maximum atomic E-state index is 9.31. The molecule has 1 atom stereocenters. The van der Waals surface area contributed by atoms with Gasteiger partial charge in [-0.05, 0) is 6.42 Å². The third-order valence-electron chi connectivity index (χ3n) is 2.53. The summed E-state index contributed by atoms with van der Waals surface area (Å²) in [7, 11) is 0. The summed E-state index contributed by atoms with van der Waals surface area (Å²) in [5.41, 5.74) is 0.